The lowest BCUT2D eigenvalue weighted by molar-refractivity contribution is -0.140. The van der Waals surface area contributed by atoms with Crippen LogP contribution in [0, 0.1) is 16.7 Å². The van der Waals surface area contributed by atoms with Crippen molar-refractivity contribution < 1.29 is 24.6 Å². The zero-order chi connectivity index (χ0) is 22.6. The predicted molar refractivity (Wildman–Crippen MR) is 115 cm³/mol. The zero-order valence-corrected chi connectivity index (χ0v) is 19.0. The maximum atomic E-state index is 13.1. The molecule has 0 aliphatic heterocycles. The quantitative estimate of drug-likeness (QED) is 0.585. The van der Waals surface area contributed by atoms with E-state index in [0.717, 1.165) is 0 Å². The lowest BCUT2D eigenvalue weighted by Gasteiger charge is -2.39. The molecular weight excluding hydrogens is 427 g/mol. The summed E-state index contributed by atoms with van der Waals surface area (Å²) in [6, 6.07) is 2.81. The summed E-state index contributed by atoms with van der Waals surface area (Å²) in [4.78, 5) is 39.3. The number of aromatic hydroxyl groups is 1. The third-order valence-corrected chi connectivity index (χ3v) is 6.51. The Labute approximate surface area is 186 Å². The van der Waals surface area contributed by atoms with Crippen LogP contribution in [0.5, 0.6) is 5.75 Å². The van der Waals surface area contributed by atoms with Gasteiger partial charge >= 0.3 is 0 Å². The van der Waals surface area contributed by atoms with Gasteiger partial charge in [0.2, 0.25) is 0 Å². The number of aliphatic hydroxyl groups excluding tert-OH is 1. The molecule has 2 aliphatic carbocycles. The Morgan fingerprint density at radius 3 is 1.80 bits per heavy atom. The van der Waals surface area contributed by atoms with Gasteiger partial charge < -0.3 is 10.2 Å². The van der Waals surface area contributed by atoms with Gasteiger partial charge in [-0.2, -0.15) is 0 Å². The first-order valence-electron chi connectivity index (χ1n) is 9.91. The van der Waals surface area contributed by atoms with Crippen molar-refractivity contribution in [3.63, 3.8) is 0 Å². The molecule has 0 radical (unpaired) electrons. The van der Waals surface area contributed by atoms with E-state index in [9.17, 15) is 24.6 Å². The molecule has 0 unspecified atom stereocenters. The molecule has 0 spiro atoms. The lowest BCUT2D eigenvalue weighted by atomic mass is 9.62. The highest BCUT2D eigenvalue weighted by molar-refractivity contribution is 6.37. The fraction of sp³-hybridized carbons (Fsp3) is 0.522. The van der Waals surface area contributed by atoms with E-state index in [4.69, 9.17) is 23.2 Å². The van der Waals surface area contributed by atoms with Crippen LogP contribution in [0.1, 0.15) is 64.9 Å². The molecule has 1 atom stereocenters. The van der Waals surface area contributed by atoms with E-state index < -0.39 is 22.7 Å². The Balaban J connectivity index is 2.22. The second kappa shape index (κ2) is 7.69. The summed E-state index contributed by atoms with van der Waals surface area (Å²) >= 11 is 12.2. The van der Waals surface area contributed by atoms with Crippen molar-refractivity contribution >= 4 is 40.6 Å². The van der Waals surface area contributed by atoms with Gasteiger partial charge in [0.25, 0.3) is 0 Å². The van der Waals surface area contributed by atoms with Crippen LogP contribution in [0.25, 0.3) is 0 Å². The first kappa shape index (κ1) is 22.8. The molecule has 3 rings (SSSR count). The molecule has 7 heteroatoms. The topological polar surface area (TPSA) is 91.7 Å². The van der Waals surface area contributed by atoms with Crippen LogP contribution in [0.2, 0.25) is 10.0 Å². The second-order valence-corrected chi connectivity index (χ2v) is 10.9. The lowest BCUT2D eigenvalue weighted by Crippen LogP contribution is -2.43. The van der Waals surface area contributed by atoms with Gasteiger partial charge in [0.05, 0.1) is 16.0 Å². The molecule has 5 nitrogen and oxygen atoms in total. The van der Waals surface area contributed by atoms with Crippen molar-refractivity contribution in [2.45, 2.75) is 59.3 Å². The van der Waals surface area contributed by atoms with E-state index in [0.29, 0.717) is 5.56 Å². The van der Waals surface area contributed by atoms with Gasteiger partial charge in [0.15, 0.2) is 11.5 Å². The molecule has 1 saturated carbocycles. The number of allylic oxidation sites excluding steroid dienone is 2. The molecule has 30 heavy (non-hydrogen) atoms. The van der Waals surface area contributed by atoms with Crippen LogP contribution >= 0.6 is 23.2 Å². The Morgan fingerprint density at radius 1 is 0.867 bits per heavy atom. The highest BCUT2D eigenvalue weighted by atomic mass is 35.5. The Bertz CT molecular complexity index is 931. The number of hydrogen-bond acceptors (Lipinski definition) is 5. The van der Waals surface area contributed by atoms with Gasteiger partial charge in [0.1, 0.15) is 17.3 Å². The highest BCUT2D eigenvalue weighted by Crippen LogP contribution is 2.49. The minimum Gasteiger partial charge on any atom is -0.512 e. The van der Waals surface area contributed by atoms with Crippen molar-refractivity contribution in [3.05, 3.63) is 39.1 Å². The van der Waals surface area contributed by atoms with Gasteiger partial charge in [-0.3, -0.25) is 14.4 Å². The third-order valence-electron chi connectivity index (χ3n) is 5.94. The summed E-state index contributed by atoms with van der Waals surface area (Å²) in [6.07, 6.45) is 0.814. The predicted octanol–water partition coefficient (Wildman–Crippen LogP) is 5.56. The number of rotatable bonds is 3. The minimum absolute atomic E-state index is 0.0535. The van der Waals surface area contributed by atoms with E-state index in [2.05, 4.69) is 0 Å². The minimum atomic E-state index is -1.11. The molecule has 0 bridgehead atoms. The van der Waals surface area contributed by atoms with Crippen molar-refractivity contribution in [2.24, 2.45) is 16.7 Å². The van der Waals surface area contributed by atoms with Gasteiger partial charge in [-0.05, 0) is 28.5 Å². The van der Waals surface area contributed by atoms with Gasteiger partial charge in [-0.15, -0.1) is 0 Å². The Hall–Kier alpha value is -1.85. The third kappa shape index (κ3) is 4.28. The van der Waals surface area contributed by atoms with Gasteiger partial charge in [-0.1, -0.05) is 50.9 Å². The van der Waals surface area contributed by atoms with Gasteiger partial charge in [0, 0.05) is 37.2 Å². The molecule has 2 aliphatic rings. The van der Waals surface area contributed by atoms with Crippen LogP contribution in [0.4, 0.5) is 0 Å². The summed E-state index contributed by atoms with van der Waals surface area (Å²) < 4.78 is 0. The molecule has 1 aromatic carbocycles. The molecule has 0 heterocycles. The maximum absolute atomic E-state index is 13.1. The van der Waals surface area contributed by atoms with E-state index in [-0.39, 0.29) is 70.2 Å². The highest BCUT2D eigenvalue weighted by Gasteiger charge is 2.48. The first-order chi connectivity index (χ1) is 13.7. The fourth-order valence-corrected chi connectivity index (χ4v) is 5.23. The van der Waals surface area contributed by atoms with Crippen LogP contribution in [0.3, 0.4) is 0 Å². The standard InChI is InChI=1S/C23H26Cl2O5/c1-22(2)7-14(26)19(15(27)8-22)18(11-5-12(24)21(30)13(25)6-11)20-16(28)9-23(3,4)10-17(20)29/h5-6,18-19,28,30H,7-10H2,1-4H3/t18-/m0/s1. The Kier molecular flexibility index (Phi) is 5.85. The van der Waals surface area contributed by atoms with Crippen LogP contribution in [0.15, 0.2) is 23.5 Å². The SMILES string of the molecule is CC1(C)CC(=O)C([C@@H](C2=C(O)CC(C)(C)CC2=O)c2cc(Cl)c(O)c(Cl)c2)C(=O)C1. The number of halogens is 2. The van der Waals surface area contributed by atoms with E-state index in [1.165, 1.54) is 12.1 Å². The van der Waals surface area contributed by atoms with Gasteiger partial charge in [-0.25, -0.2) is 0 Å². The molecule has 2 N–H and O–H groups in total. The van der Waals surface area contributed by atoms with Crippen LogP contribution in [-0.4, -0.2) is 27.6 Å². The maximum Gasteiger partial charge on any atom is 0.163 e. The van der Waals surface area contributed by atoms with E-state index in [1.54, 1.807) is 0 Å². The fourth-order valence-electron chi connectivity index (χ4n) is 4.72. The summed E-state index contributed by atoms with van der Waals surface area (Å²) in [5.74, 6) is -3.42. The summed E-state index contributed by atoms with van der Waals surface area (Å²) in [5, 5.41) is 20.7. The smallest absolute Gasteiger partial charge is 0.163 e. The number of phenolic OH excluding ortho intramolecular Hbond substituents is 1. The number of aliphatic hydroxyl groups is 1. The monoisotopic (exact) mass is 452 g/mol. The molecule has 0 aromatic heterocycles. The number of hydrogen-bond donors (Lipinski definition) is 2. The number of phenols is 1. The average Bonchev–Trinajstić information content (AvgIpc) is 2.54. The average molecular weight is 453 g/mol. The summed E-state index contributed by atoms with van der Waals surface area (Å²) in [7, 11) is 0. The van der Waals surface area contributed by atoms with Crippen molar-refractivity contribution in [1.82, 2.24) is 0 Å². The van der Waals surface area contributed by atoms with E-state index >= 15 is 0 Å². The normalized spacial score (nSPS) is 23.1. The summed E-state index contributed by atoms with van der Waals surface area (Å²) in [5.41, 5.74) is -0.474. The number of carbonyl (C=O) groups is 3. The number of Topliss-reactive ketones (excluding diaryl/α,β-unsaturated/α-hetero) is 3. The van der Waals surface area contributed by atoms with Crippen molar-refractivity contribution in [1.29, 1.82) is 0 Å². The number of benzene rings is 1. The Morgan fingerprint density at radius 2 is 1.33 bits per heavy atom. The molecule has 1 aromatic rings. The second-order valence-electron chi connectivity index (χ2n) is 10.0. The molecule has 1 fully saturated rings. The van der Waals surface area contributed by atoms with Crippen molar-refractivity contribution in [3.8, 4) is 5.75 Å². The number of carbonyl (C=O) groups excluding carboxylic acids is 3. The van der Waals surface area contributed by atoms with Crippen LogP contribution < -0.4 is 0 Å². The molecule has 0 amide bonds. The van der Waals surface area contributed by atoms with Crippen molar-refractivity contribution in [2.75, 3.05) is 0 Å². The molecule has 0 saturated heterocycles. The van der Waals surface area contributed by atoms with E-state index in [1.807, 2.05) is 27.7 Å². The number of ketones is 3. The molecular formula is C23H26Cl2O5. The largest absolute Gasteiger partial charge is 0.512 e. The zero-order valence-electron chi connectivity index (χ0n) is 17.5. The molecule has 162 valence electrons. The van der Waals surface area contributed by atoms with Crippen LogP contribution in [-0.2, 0) is 14.4 Å². The summed E-state index contributed by atoms with van der Waals surface area (Å²) in [6.45, 7) is 7.46. The first-order valence-corrected chi connectivity index (χ1v) is 10.7.